The fourth-order valence-corrected chi connectivity index (χ4v) is 7.09. The number of carbonyl (C=O) groups is 5. The SMILES string of the molecule is CCCCC(=O)N[C@H](C(=O)N[C@H](C(=O)N[C@@H](Cc1ccccc1)[C@H](O)C(=O)N1CSC(C)(C)[C@H]1C(=O)NCC(C)C)C(C)(C)C)c1ccccc1. The average Bonchev–Trinajstić information content (AvgIpc) is 3.41. The van der Waals surface area contributed by atoms with Crippen molar-refractivity contribution in [2.45, 2.75) is 116 Å². The minimum absolute atomic E-state index is 0.110. The first-order valence-electron chi connectivity index (χ1n) is 17.9. The number of aliphatic hydroxyl groups excluding tert-OH is 1. The molecule has 1 heterocycles. The van der Waals surface area contributed by atoms with Crippen molar-refractivity contribution in [2.75, 3.05) is 12.4 Å². The van der Waals surface area contributed by atoms with Crippen LogP contribution in [0.4, 0.5) is 0 Å². The van der Waals surface area contributed by atoms with E-state index in [0.29, 0.717) is 18.5 Å². The zero-order valence-corrected chi connectivity index (χ0v) is 32.1. The van der Waals surface area contributed by atoms with E-state index in [9.17, 15) is 29.1 Å². The summed E-state index contributed by atoms with van der Waals surface area (Å²) in [7, 11) is 0. The molecule has 1 aliphatic heterocycles. The second kappa shape index (κ2) is 18.5. The number of benzene rings is 2. The highest BCUT2D eigenvalue weighted by atomic mass is 32.2. The molecule has 0 aliphatic carbocycles. The molecule has 12 heteroatoms. The number of thioether (sulfide) groups is 1. The second-order valence-corrected chi connectivity index (χ2v) is 16.9. The number of nitrogens with zero attached hydrogens (tertiary/aromatic N) is 1. The van der Waals surface area contributed by atoms with Gasteiger partial charge < -0.3 is 31.3 Å². The molecule has 2 aromatic rings. The lowest BCUT2D eigenvalue weighted by atomic mass is 9.85. The molecule has 1 saturated heterocycles. The van der Waals surface area contributed by atoms with Crippen LogP contribution in [0.3, 0.4) is 0 Å². The molecule has 5 N–H and O–H groups in total. The molecule has 5 amide bonds. The molecule has 0 saturated carbocycles. The number of amides is 5. The van der Waals surface area contributed by atoms with Gasteiger partial charge >= 0.3 is 0 Å². The fourth-order valence-electron chi connectivity index (χ4n) is 5.95. The van der Waals surface area contributed by atoms with Gasteiger partial charge in [0.1, 0.15) is 18.1 Å². The third kappa shape index (κ3) is 11.8. The highest BCUT2D eigenvalue weighted by Crippen LogP contribution is 2.40. The smallest absolute Gasteiger partial charge is 0.254 e. The van der Waals surface area contributed by atoms with Crippen LogP contribution in [0.2, 0.25) is 0 Å². The molecule has 1 fully saturated rings. The van der Waals surface area contributed by atoms with E-state index >= 15 is 0 Å². The molecule has 0 radical (unpaired) electrons. The Morgan fingerprint density at radius 2 is 1.53 bits per heavy atom. The van der Waals surface area contributed by atoms with Gasteiger partial charge in [-0.25, -0.2) is 0 Å². The first kappa shape index (κ1) is 41.5. The van der Waals surface area contributed by atoms with Gasteiger partial charge in [0.15, 0.2) is 6.10 Å². The van der Waals surface area contributed by atoms with Gasteiger partial charge in [0.2, 0.25) is 23.6 Å². The minimum Gasteiger partial charge on any atom is -0.381 e. The van der Waals surface area contributed by atoms with Crippen LogP contribution < -0.4 is 21.3 Å². The molecule has 11 nitrogen and oxygen atoms in total. The van der Waals surface area contributed by atoms with Gasteiger partial charge in [0, 0.05) is 17.7 Å². The summed E-state index contributed by atoms with van der Waals surface area (Å²) in [5.74, 6) is -2.01. The molecule has 0 unspecified atom stereocenters. The fraction of sp³-hybridized carbons (Fsp3) is 0.564. The molecule has 0 spiro atoms. The Balaban J connectivity index is 1.91. The molecule has 2 aromatic carbocycles. The molecular formula is C39H57N5O6S. The molecular weight excluding hydrogens is 667 g/mol. The van der Waals surface area contributed by atoms with Gasteiger partial charge in [-0.2, -0.15) is 0 Å². The topological polar surface area (TPSA) is 157 Å². The monoisotopic (exact) mass is 723 g/mol. The van der Waals surface area contributed by atoms with Crippen molar-refractivity contribution < 1.29 is 29.1 Å². The maximum Gasteiger partial charge on any atom is 0.254 e. The zero-order chi connectivity index (χ0) is 37.9. The third-order valence-electron chi connectivity index (χ3n) is 8.89. The summed E-state index contributed by atoms with van der Waals surface area (Å²) in [6.45, 7) is 15.6. The summed E-state index contributed by atoms with van der Waals surface area (Å²) in [6, 6.07) is 13.9. The molecule has 280 valence electrons. The van der Waals surface area contributed by atoms with Crippen molar-refractivity contribution in [1.82, 2.24) is 26.2 Å². The maximum atomic E-state index is 14.2. The zero-order valence-electron chi connectivity index (χ0n) is 31.3. The molecule has 1 aliphatic rings. The number of nitrogens with one attached hydrogen (secondary N) is 4. The van der Waals surface area contributed by atoms with Crippen LogP contribution >= 0.6 is 11.8 Å². The van der Waals surface area contributed by atoms with E-state index in [1.807, 2.05) is 71.0 Å². The van der Waals surface area contributed by atoms with Crippen LogP contribution in [-0.4, -0.2) is 80.9 Å². The Morgan fingerprint density at radius 1 is 0.922 bits per heavy atom. The first-order chi connectivity index (χ1) is 24.0. The third-order valence-corrected chi connectivity index (χ3v) is 10.3. The Bertz CT molecular complexity index is 1480. The standard InChI is InChI=1S/C39H57N5O6S/c1-9-10-21-29(45)42-30(27-19-15-12-16-20-27)34(47)43-32(38(4,5)6)35(48)41-28(22-26-17-13-11-14-18-26)31(46)37(50)44-24-51-39(7,8)33(44)36(49)40-23-25(2)3/h11-20,25,28,30-33,46H,9-10,21-24H2,1-8H3,(H,40,49)(H,41,48)(H,42,45)(H,43,47)/t28-,30-,31-,32+,33+/m0/s1. The van der Waals surface area contributed by atoms with Crippen molar-refractivity contribution in [2.24, 2.45) is 11.3 Å². The highest BCUT2D eigenvalue weighted by Gasteiger charge is 2.50. The lowest BCUT2D eigenvalue weighted by molar-refractivity contribution is -0.148. The van der Waals surface area contributed by atoms with E-state index < -0.39 is 58.2 Å². The quantitative estimate of drug-likeness (QED) is 0.175. The number of carbonyl (C=O) groups excluding carboxylic acids is 5. The summed E-state index contributed by atoms with van der Waals surface area (Å²) in [4.78, 5) is 69.8. The van der Waals surface area contributed by atoms with Crippen LogP contribution in [0, 0.1) is 11.3 Å². The van der Waals surface area contributed by atoms with Crippen LogP contribution in [0.5, 0.6) is 0 Å². The van der Waals surface area contributed by atoms with Gasteiger partial charge in [-0.3, -0.25) is 24.0 Å². The maximum absolute atomic E-state index is 14.2. The predicted octanol–water partition coefficient (Wildman–Crippen LogP) is 4.11. The van der Waals surface area contributed by atoms with Crippen molar-refractivity contribution in [3.8, 4) is 0 Å². The Kier molecular flexibility index (Phi) is 15.1. The van der Waals surface area contributed by atoms with E-state index in [1.54, 1.807) is 45.0 Å². The van der Waals surface area contributed by atoms with Gasteiger partial charge in [0.05, 0.1) is 11.9 Å². The Morgan fingerprint density at radius 3 is 2.10 bits per heavy atom. The number of hydrogen-bond acceptors (Lipinski definition) is 7. The average molecular weight is 724 g/mol. The van der Waals surface area contributed by atoms with E-state index in [2.05, 4.69) is 21.3 Å². The molecule has 51 heavy (non-hydrogen) atoms. The predicted molar refractivity (Wildman–Crippen MR) is 201 cm³/mol. The molecule has 0 aromatic heterocycles. The van der Waals surface area contributed by atoms with Crippen molar-refractivity contribution in [3.05, 3.63) is 71.8 Å². The molecule has 5 atom stereocenters. The largest absolute Gasteiger partial charge is 0.381 e. The number of aliphatic hydroxyl groups is 1. The Labute approximate surface area is 307 Å². The summed E-state index contributed by atoms with van der Waals surface area (Å²) in [6.07, 6.45) is 0.161. The van der Waals surface area contributed by atoms with Gasteiger partial charge in [-0.15, -0.1) is 11.8 Å². The number of unbranched alkanes of at least 4 members (excludes halogenated alkanes) is 1. The molecule has 3 rings (SSSR count). The van der Waals surface area contributed by atoms with Crippen LogP contribution in [0.15, 0.2) is 60.7 Å². The van der Waals surface area contributed by atoms with E-state index in [1.165, 1.54) is 16.7 Å². The van der Waals surface area contributed by atoms with Crippen molar-refractivity contribution in [1.29, 1.82) is 0 Å². The van der Waals surface area contributed by atoms with E-state index in [0.717, 1.165) is 12.0 Å². The lowest BCUT2D eigenvalue weighted by Gasteiger charge is -2.35. The highest BCUT2D eigenvalue weighted by molar-refractivity contribution is 8.00. The normalized spacial score (nSPS) is 17.9. The summed E-state index contributed by atoms with van der Waals surface area (Å²) < 4.78 is -0.614. The minimum atomic E-state index is -1.70. The second-order valence-electron chi connectivity index (χ2n) is 15.3. The van der Waals surface area contributed by atoms with E-state index in [-0.39, 0.29) is 36.5 Å². The number of rotatable bonds is 16. The summed E-state index contributed by atoms with van der Waals surface area (Å²) in [5.41, 5.74) is 0.524. The van der Waals surface area contributed by atoms with Gasteiger partial charge in [0.25, 0.3) is 5.91 Å². The summed E-state index contributed by atoms with van der Waals surface area (Å²) >= 11 is 1.45. The van der Waals surface area contributed by atoms with Gasteiger partial charge in [-0.05, 0) is 49.1 Å². The lowest BCUT2D eigenvalue weighted by Crippen LogP contribution is -2.62. The van der Waals surface area contributed by atoms with Crippen LogP contribution in [0.1, 0.15) is 91.8 Å². The molecule has 0 bridgehead atoms. The van der Waals surface area contributed by atoms with Crippen molar-refractivity contribution in [3.63, 3.8) is 0 Å². The van der Waals surface area contributed by atoms with E-state index in [4.69, 9.17) is 0 Å². The van der Waals surface area contributed by atoms with Crippen LogP contribution in [-0.2, 0) is 30.4 Å². The number of hydrogen-bond donors (Lipinski definition) is 5. The summed E-state index contributed by atoms with van der Waals surface area (Å²) in [5, 5.41) is 23.2. The van der Waals surface area contributed by atoms with Gasteiger partial charge in [-0.1, -0.05) is 109 Å². The Hall–Kier alpha value is -3.90. The van der Waals surface area contributed by atoms with Crippen molar-refractivity contribution >= 4 is 41.3 Å². The first-order valence-corrected chi connectivity index (χ1v) is 18.8. The van der Waals surface area contributed by atoms with Crippen LogP contribution in [0.25, 0.3) is 0 Å².